The number of carbonyl (C=O) groups is 1. The zero-order valence-corrected chi connectivity index (χ0v) is 18.5. The van der Waals surface area contributed by atoms with E-state index in [1.54, 1.807) is 7.11 Å². The third-order valence-electron chi connectivity index (χ3n) is 6.50. The summed E-state index contributed by atoms with van der Waals surface area (Å²) in [5.74, 6) is 1.49. The molecule has 0 bridgehead atoms. The van der Waals surface area contributed by atoms with Gasteiger partial charge in [0.1, 0.15) is 0 Å². The smallest absolute Gasteiger partial charge is 0.257 e. The minimum absolute atomic E-state index is 0.0231. The Hall–Kier alpha value is -3.35. The van der Waals surface area contributed by atoms with E-state index in [0.29, 0.717) is 12.4 Å². The van der Waals surface area contributed by atoms with Crippen LogP contribution in [0.1, 0.15) is 12.8 Å². The summed E-state index contributed by atoms with van der Waals surface area (Å²) in [7, 11) is 1.63. The molecular formula is C25H29N5O2. The molecule has 0 aliphatic carbocycles. The van der Waals surface area contributed by atoms with E-state index in [4.69, 9.17) is 9.72 Å². The highest BCUT2D eigenvalue weighted by molar-refractivity contribution is 5.81. The van der Waals surface area contributed by atoms with Crippen molar-refractivity contribution < 1.29 is 9.53 Å². The number of nitrogens with zero attached hydrogens (tertiary/aromatic N) is 5. The molecule has 1 atom stereocenters. The monoisotopic (exact) mass is 431 g/mol. The van der Waals surface area contributed by atoms with E-state index >= 15 is 0 Å². The van der Waals surface area contributed by atoms with Crippen LogP contribution in [0, 0.1) is 5.92 Å². The van der Waals surface area contributed by atoms with Crippen LogP contribution in [0.2, 0.25) is 0 Å². The average Bonchev–Trinajstić information content (AvgIpc) is 2.88. The molecular weight excluding hydrogens is 402 g/mol. The number of aromatic nitrogens is 2. The summed E-state index contributed by atoms with van der Waals surface area (Å²) >= 11 is 0. The number of carbonyl (C=O) groups excluding carboxylic acids is 1. The highest BCUT2D eigenvalue weighted by Gasteiger charge is 2.32. The Morgan fingerprint density at radius 1 is 0.875 bits per heavy atom. The minimum Gasteiger partial charge on any atom is -0.478 e. The molecule has 2 saturated heterocycles. The Morgan fingerprint density at radius 3 is 2.28 bits per heavy atom. The summed E-state index contributed by atoms with van der Waals surface area (Å²) in [5, 5.41) is 0. The van der Waals surface area contributed by atoms with Gasteiger partial charge in [-0.3, -0.25) is 4.79 Å². The number of benzene rings is 2. The Kier molecular flexibility index (Phi) is 5.79. The standard InChI is InChI=1S/C25H29N5O2/c1-32-24-23(26-21-11-5-6-12-22(21)27-24)30-13-7-8-19(18-30)25(31)29-16-14-28(15-17-29)20-9-3-2-4-10-20/h2-6,9-12,19H,7-8,13-18H2,1H3/t19-/m0/s1. The van der Waals surface area contributed by atoms with Crippen LogP contribution in [0.3, 0.4) is 0 Å². The number of methoxy groups -OCH3 is 1. The highest BCUT2D eigenvalue weighted by atomic mass is 16.5. The van der Waals surface area contributed by atoms with Crippen molar-refractivity contribution in [3.8, 4) is 5.88 Å². The third kappa shape index (κ3) is 4.07. The fourth-order valence-electron chi connectivity index (χ4n) is 4.77. The number of hydrogen-bond acceptors (Lipinski definition) is 6. The third-order valence-corrected chi connectivity index (χ3v) is 6.50. The maximum Gasteiger partial charge on any atom is 0.257 e. The van der Waals surface area contributed by atoms with Crippen molar-refractivity contribution in [2.45, 2.75) is 12.8 Å². The molecule has 2 aliphatic rings. The largest absolute Gasteiger partial charge is 0.478 e. The Labute approximate surface area is 188 Å². The molecule has 32 heavy (non-hydrogen) atoms. The molecule has 5 rings (SSSR count). The summed E-state index contributed by atoms with van der Waals surface area (Å²) in [5.41, 5.74) is 2.88. The first-order valence-corrected chi connectivity index (χ1v) is 11.4. The number of fused-ring (bicyclic) bond motifs is 1. The van der Waals surface area contributed by atoms with Gasteiger partial charge in [0.05, 0.1) is 24.1 Å². The lowest BCUT2D eigenvalue weighted by Crippen LogP contribution is -2.52. The van der Waals surface area contributed by atoms with Crippen molar-refractivity contribution >= 4 is 28.4 Å². The molecule has 0 N–H and O–H groups in total. The fourth-order valence-corrected chi connectivity index (χ4v) is 4.77. The van der Waals surface area contributed by atoms with Gasteiger partial charge in [-0.1, -0.05) is 30.3 Å². The highest BCUT2D eigenvalue weighted by Crippen LogP contribution is 2.31. The van der Waals surface area contributed by atoms with Gasteiger partial charge in [0, 0.05) is 45.0 Å². The first-order valence-electron chi connectivity index (χ1n) is 11.4. The van der Waals surface area contributed by atoms with Gasteiger partial charge in [-0.2, -0.15) is 0 Å². The van der Waals surface area contributed by atoms with Crippen LogP contribution in [-0.2, 0) is 4.79 Å². The first kappa shape index (κ1) is 20.5. The topological polar surface area (TPSA) is 61.8 Å². The van der Waals surface area contributed by atoms with Crippen molar-refractivity contribution in [1.82, 2.24) is 14.9 Å². The van der Waals surface area contributed by atoms with Crippen molar-refractivity contribution in [2.75, 3.05) is 56.2 Å². The summed E-state index contributed by atoms with van der Waals surface area (Å²) in [4.78, 5) is 29.4. The number of piperidine rings is 1. The van der Waals surface area contributed by atoms with E-state index < -0.39 is 0 Å². The maximum absolute atomic E-state index is 13.4. The van der Waals surface area contributed by atoms with Gasteiger partial charge in [-0.15, -0.1) is 0 Å². The normalized spacial score (nSPS) is 19.3. The molecule has 0 radical (unpaired) electrons. The lowest BCUT2D eigenvalue weighted by molar-refractivity contribution is -0.136. The zero-order valence-electron chi connectivity index (χ0n) is 18.5. The van der Waals surface area contributed by atoms with Crippen LogP contribution < -0.4 is 14.5 Å². The molecule has 166 valence electrons. The van der Waals surface area contributed by atoms with Crippen molar-refractivity contribution in [3.05, 3.63) is 54.6 Å². The van der Waals surface area contributed by atoms with Crippen LogP contribution >= 0.6 is 0 Å². The molecule has 0 spiro atoms. The predicted molar refractivity (Wildman–Crippen MR) is 126 cm³/mol. The second-order valence-corrected chi connectivity index (χ2v) is 8.48. The van der Waals surface area contributed by atoms with Crippen LogP contribution in [-0.4, -0.2) is 67.2 Å². The molecule has 1 amide bonds. The molecule has 3 heterocycles. The zero-order chi connectivity index (χ0) is 21.9. The number of rotatable bonds is 4. The molecule has 2 aromatic carbocycles. The van der Waals surface area contributed by atoms with Gasteiger partial charge in [-0.25, -0.2) is 9.97 Å². The van der Waals surface area contributed by atoms with E-state index in [0.717, 1.165) is 62.4 Å². The van der Waals surface area contributed by atoms with E-state index in [1.165, 1.54) is 5.69 Å². The van der Waals surface area contributed by atoms with E-state index in [9.17, 15) is 4.79 Å². The second-order valence-electron chi connectivity index (χ2n) is 8.48. The molecule has 1 aromatic heterocycles. The van der Waals surface area contributed by atoms with E-state index in [-0.39, 0.29) is 11.8 Å². The predicted octanol–water partition coefficient (Wildman–Crippen LogP) is 3.20. The van der Waals surface area contributed by atoms with Gasteiger partial charge in [-0.05, 0) is 37.1 Å². The molecule has 7 heteroatoms. The second kappa shape index (κ2) is 9.02. The van der Waals surface area contributed by atoms with Gasteiger partial charge in [0.25, 0.3) is 5.88 Å². The van der Waals surface area contributed by atoms with Gasteiger partial charge >= 0.3 is 0 Å². The Balaban J connectivity index is 1.27. The van der Waals surface area contributed by atoms with E-state index in [2.05, 4.69) is 39.0 Å². The van der Waals surface area contributed by atoms with Crippen LogP contribution in [0.4, 0.5) is 11.5 Å². The van der Waals surface area contributed by atoms with Gasteiger partial charge in [0.15, 0.2) is 5.82 Å². The van der Waals surface area contributed by atoms with Crippen LogP contribution in [0.5, 0.6) is 5.88 Å². The summed E-state index contributed by atoms with van der Waals surface area (Å²) in [6.07, 6.45) is 1.87. The minimum atomic E-state index is -0.0231. The number of hydrogen-bond donors (Lipinski definition) is 0. The molecule has 3 aromatic rings. The van der Waals surface area contributed by atoms with Gasteiger partial charge in [0.2, 0.25) is 5.91 Å². The van der Waals surface area contributed by atoms with Crippen molar-refractivity contribution in [2.24, 2.45) is 5.92 Å². The Bertz CT molecular complexity index is 1080. The average molecular weight is 432 g/mol. The number of amides is 1. The molecule has 2 fully saturated rings. The quantitative estimate of drug-likeness (QED) is 0.632. The molecule has 0 saturated carbocycles. The summed E-state index contributed by atoms with van der Waals surface area (Å²) in [6, 6.07) is 18.2. The van der Waals surface area contributed by atoms with Crippen LogP contribution in [0.25, 0.3) is 11.0 Å². The molecule has 0 unspecified atom stereocenters. The number of anilines is 2. The lowest BCUT2D eigenvalue weighted by Gasteiger charge is -2.40. The maximum atomic E-state index is 13.4. The van der Waals surface area contributed by atoms with Crippen LogP contribution in [0.15, 0.2) is 54.6 Å². The van der Waals surface area contributed by atoms with Crippen molar-refractivity contribution in [1.29, 1.82) is 0 Å². The summed E-state index contributed by atoms with van der Waals surface area (Å²) in [6.45, 7) is 4.79. The molecule has 2 aliphatic heterocycles. The first-order chi connectivity index (χ1) is 15.7. The molecule has 7 nitrogen and oxygen atoms in total. The SMILES string of the molecule is COc1nc2ccccc2nc1N1CCC[C@H](C(=O)N2CCN(c3ccccc3)CC2)C1. The summed E-state index contributed by atoms with van der Waals surface area (Å²) < 4.78 is 5.56. The number of piperazine rings is 1. The number of para-hydroxylation sites is 3. The fraction of sp³-hybridized carbons (Fsp3) is 0.400. The number of ether oxygens (including phenoxy) is 1. The van der Waals surface area contributed by atoms with Gasteiger partial charge < -0.3 is 19.4 Å². The van der Waals surface area contributed by atoms with E-state index in [1.807, 2.05) is 35.2 Å². The Morgan fingerprint density at radius 2 is 1.56 bits per heavy atom. The lowest BCUT2D eigenvalue weighted by atomic mass is 9.96. The van der Waals surface area contributed by atoms with Crippen molar-refractivity contribution in [3.63, 3.8) is 0 Å².